The van der Waals surface area contributed by atoms with Gasteiger partial charge in [0.25, 0.3) is 0 Å². The van der Waals surface area contributed by atoms with Crippen LogP contribution in [-0.2, 0) is 10.1 Å². The van der Waals surface area contributed by atoms with Crippen molar-refractivity contribution < 1.29 is 12.6 Å². The fourth-order valence-electron chi connectivity index (χ4n) is 1.76. The third-order valence-electron chi connectivity index (χ3n) is 2.95. The topological polar surface area (TPSA) is 90.9 Å². The van der Waals surface area contributed by atoms with E-state index in [1.807, 2.05) is 6.92 Å². The van der Waals surface area contributed by atoms with Gasteiger partial charge in [-0.15, -0.1) is 0 Å². The maximum Gasteiger partial charge on any atom is 0.339 e. The lowest BCUT2D eigenvalue weighted by Crippen LogP contribution is -2.09. The van der Waals surface area contributed by atoms with Gasteiger partial charge in [0.05, 0.1) is 0 Å². The summed E-state index contributed by atoms with van der Waals surface area (Å²) in [4.78, 5) is 0.0725. The highest BCUT2D eigenvalue weighted by molar-refractivity contribution is 7.87. The van der Waals surface area contributed by atoms with E-state index in [1.165, 1.54) is 30.3 Å². The number of rotatable bonds is 4. The van der Waals surface area contributed by atoms with Gasteiger partial charge in [0.1, 0.15) is 28.4 Å². The summed E-state index contributed by atoms with van der Waals surface area (Å²) < 4.78 is 29.4. The third kappa shape index (κ3) is 4.19. The van der Waals surface area contributed by atoms with Crippen LogP contribution in [0.4, 0.5) is 0 Å². The van der Waals surface area contributed by atoms with E-state index in [-0.39, 0.29) is 16.2 Å². The van der Waals surface area contributed by atoms with Crippen LogP contribution in [0.15, 0.2) is 59.0 Å². The Labute approximate surface area is 134 Å². The van der Waals surface area contributed by atoms with Crippen LogP contribution in [0.2, 0.25) is 0 Å². The Morgan fingerprint density at radius 1 is 1.00 bits per heavy atom. The summed E-state index contributed by atoms with van der Waals surface area (Å²) in [6.45, 7) is 1.86. The first kappa shape index (κ1) is 16.3. The minimum absolute atomic E-state index is 0.0362. The molecule has 5 nitrogen and oxygen atoms in total. The second-order valence-electron chi connectivity index (χ2n) is 4.70. The average Bonchev–Trinajstić information content (AvgIpc) is 2.54. The second-order valence-corrected chi connectivity index (χ2v) is 6.25. The number of hydrogen-bond acceptors (Lipinski definition) is 5. The smallest absolute Gasteiger partial charge is 0.339 e. The molecule has 6 heteroatoms. The van der Waals surface area contributed by atoms with Crippen LogP contribution in [-0.4, -0.2) is 8.42 Å². The highest BCUT2D eigenvalue weighted by atomic mass is 32.2. The van der Waals surface area contributed by atoms with Gasteiger partial charge in [-0.25, -0.2) is 0 Å². The molecule has 0 aromatic heterocycles. The Bertz CT molecular complexity index is 898. The molecule has 2 aromatic carbocycles. The van der Waals surface area contributed by atoms with Gasteiger partial charge in [-0.05, 0) is 42.8 Å². The lowest BCUT2D eigenvalue weighted by atomic mass is 10.1. The minimum atomic E-state index is -3.90. The molecule has 114 valence electrons. The fourth-order valence-corrected chi connectivity index (χ4v) is 2.69. The molecule has 0 radical (unpaired) electrons. The fraction of sp³-hybridized carbons (Fsp3) is 0.0588. The molecule has 0 aliphatic rings. The maximum atomic E-state index is 12.1. The molecule has 0 unspecified atom stereocenters. The first-order valence-electron chi connectivity index (χ1n) is 6.58. The molecule has 0 saturated carbocycles. The Balaban J connectivity index is 2.21. The predicted octanol–water partition coefficient (Wildman–Crippen LogP) is 3.19. The van der Waals surface area contributed by atoms with Crippen molar-refractivity contribution in [1.29, 1.82) is 10.5 Å². The second kappa shape index (κ2) is 6.78. The van der Waals surface area contributed by atoms with Crippen molar-refractivity contribution in [2.45, 2.75) is 11.8 Å². The van der Waals surface area contributed by atoms with Crippen molar-refractivity contribution in [3.8, 4) is 17.9 Å². The molecule has 0 amide bonds. The number of nitriles is 2. The van der Waals surface area contributed by atoms with E-state index in [0.717, 1.165) is 5.56 Å². The molecule has 0 fully saturated rings. The Kier molecular flexibility index (Phi) is 4.80. The van der Waals surface area contributed by atoms with E-state index in [4.69, 9.17) is 14.7 Å². The van der Waals surface area contributed by atoms with Crippen molar-refractivity contribution in [3.63, 3.8) is 0 Å². The molecule has 0 spiro atoms. The summed E-state index contributed by atoms with van der Waals surface area (Å²) >= 11 is 0. The van der Waals surface area contributed by atoms with Crippen LogP contribution in [0.3, 0.4) is 0 Å². The third-order valence-corrected chi connectivity index (χ3v) is 4.21. The average molecular weight is 324 g/mol. The van der Waals surface area contributed by atoms with Gasteiger partial charge in [0.2, 0.25) is 0 Å². The zero-order chi connectivity index (χ0) is 16.9. The summed E-state index contributed by atoms with van der Waals surface area (Å²) in [6.07, 6.45) is 1.40. The molecule has 2 aromatic rings. The molecular weight excluding hydrogens is 312 g/mol. The van der Waals surface area contributed by atoms with E-state index < -0.39 is 10.1 Å². The predicted molar refractivity (Wildman–Crippen MR) is 84.6 cm³/mol. The molecule has 0 N–H and O–H groups in total. The SMILES string of the molecule is Cc1ccc(S(=O)(=O)Oc2ccc(C=C(C#N)C#N)cc2)cc1. The Morgan fingerprint density at radius 2 is 1.57 bits per heavy atom. The lowest BCUT2D eigenvalue weighted by Gasteiger charge is -2.07. The Hall–Kier alpha value is -3.09. The van der Waals surface area contributed by atoms with Gasteiger partial charge in [-0.2, -0.15) is 18.9 Å². The van der Waals surface area contributed by atoms with E-state index in [1.54, 1.807) is 36.4 Å². The molecule has 0 heterocycles. The molecular formula is C17H12N2O3S. The van der Waals surface area contributed by atoms with Crippen molar-refractivity contribution in [3.05, 3.63) is 65.2 Å². The lowest BCUT2D eigenvalue weighted by molar-refractivity contribution is 0.486. The monoisotopic (exact) mass is 324 g/mol. The Morgan fingerprint density at radius 3 is 2.09 bits per heavy atom. The first-order chi connectivity index (χ1) is 10.9. The van der Waals surface area contributed by atoms with E-state index in [2.05, 4.69) is 0 Å². The van der Waals surface area contributed by atoms with Crippen LogP contribution in [0.25, 0.3) is 6.08 Å². The number of hydrogen-bond donors (Lipinski definition) is 0. The van der Waals surface area contributed by atoms with E-state index in [9.17, 15) is 8.42 Å². The quantitative estimate of drug-likeness (QED) is 0.636. The van der Waals surface area contributed by atoms with Gasteiger partial charge in [-0.1, -0.05) is 29.8 Å². The molecule has 2 rings (SSSR count). The van der Waals surface area contributed by atoms with Gasteiger partial charge in [0, 0.05) is 0 Å². The largest absolute Gasteiger partial charge is 0.379 e. The van der Waals surface area contributed by atoms with Gasteiger partial charge < -0.3 is 4.18 Å². The zero-order valence-corrected chi connectivity index (χ0v) is 13.0. The molecule has 0 bridgehead atoms. The molecule has 0 aliphatic heterocycles. The highest BCUT2D eigenvalue weighted by Crippen LogP contribution is 2.20. The van der Waals surface area contributed by atoms with Crippen molar-refractivity contribution >= 4 is 16.2 Å². The van der Waals surface area contributed by atoms with Crippen LogP contribution in [0, 0.1) is 29.6 Å². The highest BCUT2D eigenvalue weighted by Gasteiger charge is 2.16. The van der Waals surface area contributed by atoms with Crippen LogP contribution in [0.5, 0.6) is 5.75 Å². The number of benzene rings is 2. The summed E-state index contributed by atoms with van der Waals surface area (Å²) in [5.74, 6) is 0.151. The van der Waals surface area contributed by atoms with Crippen LogP contribution < -0.4 is 4.18 Å². The van der Waals surface area contributed by atoms with Crippen molar-refractivity contribution in [2.24, 2.45) is 0 Å². The van der Waals surface area contributed by atoms with Gasteiger partial charge in [0.15, 0.2) is 0 Å². The number of aryl methyl sites for hydroxylation is 1. The maximum absolute atomic E-state index is 12.1. The first-order valence-corrected chi connectivity index (χ1v) is 7.98. The molecule has 23 heavy (non-hydrogen) atoms. The summed E-state index contributed by atoms with van der Waals surface area (Å²) in [7, 11) is -3.90. The molecule has 0 aliphatic carbocycles. The summed E-state index contributed by atoms with van der Waals surface area (Å²) in [5.41, 5.74) is 1.51. The molecule has 0 atom stereocenters. The summed E-state index contributed by atoms with van der Waals surface area (Å²) in [6, 6.07) is 15.9. The number of allylic oxidation sites excluding steroid dienone is 1. The zero-order valence-electron chi connectivity index (χ0n) is 12.2. The minimum Gasteiger partial charge on any atom is -0.379 e. The van der Waals surface area contributed by atoms with Crippen molar-refractivity contribution in [2.75, 3.05) is 0 Å². The number of nitrogens with zero attached hydrogens (tertiary/aromatic N) is 2. The standard InChI is InChI=1S/C17H12N2O3S/c1-13-2-8-17(9-3-13)23(20,21)22-16-6-4-14(5-7-16)10-15(11-18)12-19/h2-10H,1H3. The normalized spacial score (nSPS) is 10.2. The van der Waals surface area contributed by atoms with E-state index >= 15 is 0 Å². The van der Waals surface area contributed by atoms with Gasteiger partial charge >= 0.3 is 10.1 Å². The van der Waals surface area contributed by atoms with E-state index in [0.29, 0.717) is 5.56 Å². The summed E-state index contributed by atoms with van der Waals surface area (Å²) in [5, 5.41) is 17.4. The molecule has 0 saturated heterocycles. The van der Waals surface area contributed by atoms with Crippen LogP contribution >= 0.6 is 0 Å². The van der Waals surface area contributed by atoms with Gasteiger partial charge in [-0.3, -0.25) is 0 Å². The van der Waals surface area contributed by atoms with Crippen molar-refractivity contribution in [1.82, 2.24) is 0 Å². The van der Waals surface area contributed by atoms with Crippen LogP contribution in [0.1, 0.15) is 11.1 Å².